The van der Waals surface area contributed by atoms with Gasteiger partial charge in [0.05, 0.1) is 16.9 Å². The molecule has 0 aliphatic carbocycles. The van der Waals surface area contributed by atoms with Gasteiger partial charge in [-0.15, -0.1) is 12.4 Å². The number of halogens is 2. The van der Waals surface area contributed by atoms with Gasteiger partial charge in [-0.25, -0.2) is 9.07 Å². The van der Waals surface area contributed by atoms with E-state index < -0.39 is 0 Å². The van der Waals surface area contributed by atoms with Crippen LogP contribution in [-0.2, 0) is 0 Å². The Kier molecular flexibility index (Phi) is 4.88. The number of nitrogens with zero attached hydrogens (tertiary/aromatic N) is 3. The summed E-state index contributed by atoms with van der Waals surface area (Å²) < 4.78 is 15.5. The van der Waals surface area contributed by atoms with Gasteiger partial charge in [-0.3, -0.25) is 0 Å². The van der Waals surface area contributed by atoms with Gasteiger partial charge in [0.2, 0.25) is 0 Å². The largest absolute Gasteiger partial charge is 0.306 e. The fourth-order valence-corrected chi connectivity index (χ4v) is 3.48. The quantitative estimate of drug-likeness (QED) is 0.686. The zero-order valence-electron chi connectivity index (χ0n) is 13.7. The standard InChI is InChI=1S/C19H20FN3.ClH/c1-22-11-9-14(10-12-22)19-17-7-2-3-8-18(17)23(21-19)16-6-4-5-15(20)13-16;/h2-8,13-14H,9-12H2,1H3;1H. The van der Waals surface area contributed by atoms with Gasteiger partial charge in [0, 0.05) is 11.3 Å². The summed E-state index contributed by atoms with van der Waals surface area (Å²) in [6, 6.07) is 14.9. The topological polar surface area (TPSA) is 21.1 Å². The number of para-hydroxylation sites is 1. The minimum atomic E-state index is -0.233. The summed E-state index contributed by atoms with van der Waals surface area (Å²) in [5.41, 5.74) is 2.98. The molecule has 24 heavy (non-hydrogen) atoms. The molecule has 1 aliphatic heterocycles. The van der Waals surface area contributed by atoms with Crippen LogP contribution in [0.5, 0.6) is 0 Å². The van der Waals surface area contributed by atoms with E-state index in [1.54, 1.807) is 6.07 Å². The molecule has 1 fully saturated rings. The van der Waals surface area contributed by atoms with Crippen LogP contribution in [0.1, 0.15) is 24.5 Å². The van der Waals surface area contributed by atoms with Crippen molar-refractivity contribution in [2.45, 2.75) is 18.8 Å². The molecule has 5 heteroatoms. The van der Waals surface area contributed by atoms with Gasteiger partial charge in [0.25, 0.3) is 0 Å². The summed E-state index contributed by atoms with van der Waals surface area (Å²) in [6.45, 7) is 2.21. The van der Waals surface area contributed by atoms with E-state index in [2.05, 4.69) is 30.1 Å². The predicted molar refractivity (Wildman–Crippen MR) is 97.7 cm³/mol. The fraction of sp³-hybridized carbons (Fsp3) is 0.316. The van der Waals surface area contributed by atoms with E-state index in [0.717, 1.165) is 42.8 Å². The summed E-state index contributed by atoms with van der Waals surface area (Å²) in [7, 11) is 2.17. The average molecular weight is 346 g/mol. The maximum Gasteiger partial charge on any atom is 0.125 e. The van der Waals surface area contributed by atoms with Crippen LogP contribution >= 0.6 is 12.4 Å². The molecule has 0 saturated carbocycles. The molecule has 2 aromatic carbocycles. The summed E-state index contributed by atoms with van der Waals surface area (Å²) in [5.74, 6) is 0.244. The van der Waals surface area contributed by atoms with Gasteiger partial charge in [0.1, 0.15) is 5.82 Å². The van der Waals surface area contributed by atoms with Gasteiger partial charge < -0.3 is 4.90 Å². The van der Waals surface area contributed by atoms with Crippen molar-refractivity contribution in [1.29, 1.82) is 0 Å². The van der Waals surface area contributed by atoms with Crippen molar-refractivity contribution in [1.82, 2.24) is 14.7 Å². The lowest BCUT2D eigenvalue weighted by Crippen LogP contribution is -2.29. The molecule has 0 radical (unpaired) electrons. The third-order valence-corrected chi connectivity index (χ3v) is 4.77. The lowest BCUT2D eigenvalue weighted by molar-refractivity contribution is 0.253. The molecule has 2 heterocycles. The van der Waals surface area contributed by atoms with Crippen molar-refractivity contribution >= 4 is 23.3 Å². The number of benzene rings is 2. The zero-order chi connectivity index (χ0) is 15.8. The highest BCUT2D eigenvalue weighted by Crippen LogP contribution is 2.33. The SMILES string of the molecule is CN1CCC(c2nn(-c3cccc(F)c3)c3ccccc23)CC1.Cl. The van der Waals surface area contributed by atoms with Crippen molar-refractivity contribution in [2.24, 2.45) is 0 Å². The Morgan fingerprint density at radius 2 is 1.79 bits per heavy atom. The monoisotopic (exact) mass is 345 g/mol. The molecule has 1 aromatic heterocycles. The second kappa shape index (κ2) is 6.91. The van der Waals surface area contributed by atoms with Crippen LogP contribution < -0.4 is 0 Å². The smallest absolute Gasteiger partial charge is 0.125 e. The zero-order valence-corrected chi connectivity index (χ0v) is 14.5. The molecule has 1 aliphatic rings. The molecule has 3 aromatic rings. The molecule has 0 amide bonds. The Morgan fingerprint density at radius 3 is 2.54 bits per heavy atom. The molecular formula is C19H21ClFN3. The second-order valence-corrected chi connectivity index (χ2v) is 6.37. The molecule has 0 bridgehead atoms. The summed E-state index contributed by atoms with van der Waals surface area (Å²) >= 11 is 0. The van der Waals surface area contributed by atoms with E-state index in [-0.39, 0.29) is 18.2 Å². The first-order valence-electron chi connectivity index (χ1n) is 8.14. The predicted octanol–water partition coefficient (Wildman–Crippen LogP) is 4.40. The highest BCUT2D eigenvalue weighted by Gasteiger charge is 2.24. The Labute approximate surface area is 147 Å². The maximum absolute atomic E-state index is 13.6. The van der Waals surface area contributed by atoms with Crippen LogP contribution in [0.15, 0.2) is 48.5 Å². The van der Waals surface area contributed by atoms with E-state index in [4.69, 9.17) is 5.10 Å². The molecule has 1 saturated heterocycles. The van der Waals surface area contributed by atoms with Gasteiger partial charge >= 0.3 is 0 Å². The van der Waals surface area contributed by atoms with Crippen LogP contribution in [0.25, 0.3) is 16.6 Å². The summed E-state index contributed by atoms with van der Waals surface area (Å²) in [5, 5.41) is 6.07. The third kappa shape index (κ3) is 3.04. The lowest BCUT2D eigenvalue weighted by Gasteiger charge is -2.28. The number of hydrogen-bond acceptors (Lipinski definition) is 2. The van der Waals surface area contributed by atoms with Crippen molar-refractivity contribution in [3.63, 3.8) is 0 Å². The normalized spacial score (nSPS) is 16.2. The summed E-state index contributed by atoms with van der Waals surface area (Å²) in [6.07, 6.45) is 2.25. The lowest BCUT2D eigenvalue weighted by atomic mass is 9.92. The molecule has 4 rings (SSSR count). The van der Waals surface area contributed by atoms with Crippen molar-refractivity contribution in [3.05, 3.63) is 60.0 Å². The van der Waals surface area contributed by atoms with Crippen LogP contribution in [0, 0.1) is 5.82 Å². The maximum atomic E-state index is 13.6. The first-order chi connectivity index (χ1) is 11.2. The molecule has 0 unspecified atom stereocenters. The molecule has 126 valence electrons. The Hall–Kier alpha value is -1.91. The van der Waals surface area contributed by atoms with Crippen LogP contribution in [0.4, 0.5) is 4.39 Å². The molecule has 0 atom stereocenters. The number of aromatic nitrogens is 2. The van der Waals surface area contributed by atoms with E-state index in [0.29, 0.717) is 5.92 Å². The molecule has 3 nitrogen and oxygen atoms in total. The van der Waals surface area contributed by atoms with Crippen molar-refractivity contribution < 1.29 is 4.39 Å². The van der Waals surface area contributed by atoms with Crippen LogP contribution in [-0.4, -0.2) is 34.8 Å². The number of hydrogen-bond donors (Lipinski definition) is 0. The van der Waals surface area contributed by atoms with Gasteiger partial charge in [-0.05, 0) is 57.2 Å². The first kappa shape index (κ1) is 16.9. The van der Waals surface area contributed by atoms with Crippen LogP contribution in [0.2, 0.25) is 0 Å². The molecular weight excluding hydrogens is 325 g/mol. The third-order valence-electron chi connectivity index (χ3n) is 4.77. The van der Waals surface area contributed by atoms with E-state index in [1.807, 2.05) is 16.8 Å². The minimum absolute atomic E-state index is 0. The average Bonchev–Trinajstić information content (AvgIpc) is 2.95. The van der Waals surface area contributed by atoms with E-state index in [9.17, 15) is 4.39 Å². The highest BCUT2D eigenvalue weighted by molar-refractivity contribution is 5.85. The van der Waals surface area contributed by atoms with Crippen molar-refractivity contribution in [2.75, 3.05) is 20.1 Å². The van der Waals surface area contributed by atoms with Gasteiger partial charge in [-0.1, -0.05) is 24.3 Å². The fourth-order valence-electron chi connectivity index (χ4n) is 3.48. The van der Waals surface area contributed by atoms with E-state index >= 15 is 0 Å². The van der Waals surface area contributed by atoms with Crippen LogP contribution in [0.3, 0.4) is 0 Å². The number of fused-ring (bicyclic) bond motifs is 1. The minimum Gasteiger partial charge on any atom is -0.306 e. The number of rotatable bonds is 2. The van der Waals surface area contributed by atoms with Gasteiger partial charge in [-0.2, -0.15) is 5.10 Å². The Balaban J connectivity index is 0.00000169. The molecule has 0 spiro atoms. The number of likely N-dealkylation sites (tertiary alicyclic amines) is 1. The first-order valence-corrected chi connectivity index (χ1v) is 8.14. The van der Waals surface area contributed by atoms with Gasteiger partial charge in [0.15, 0.2) is 0 Å². The second-order valence-electron chi connectivity index (χ2n) is 6.37. The number of piperidine rings is 1. The summed E-state index contributed by atoms with van der Waals surface area (Å²) in [4.78, 5) is 2.36. The highest BCUT2D eigenvalue weighted by atomic mass is 35.5. The van der Waals surface area contributed by atoms with E-state index in [1.165, 1.54) is 17.5 Å². The Morgan fingerprint density at radius 1 is 1.04 bits per heavy atom. The Bertz CT molecular complexity index is 837. The molecule has 0 N–H and O–H groups in total. The van der Waals surface area contributed by atoms with Crippen molar-refractivity contribution in [3.8, 4) is 5.69 Å².